The second kappa shape index (κ2) is 10.5. The Labute approximate surface area is 261 Å². The van der Waals surface area contributed by atoms with Gasteiger partial charge in [-0.25, -0.2) is 4.99 Å². The van der Waals surface area contributed by atoms with Crippen molar-refractivity contribution in [2.45, 2.75) is 19.8 Å². The first kappa shape index (κ1) is 28.3. The molecule has 2 fully saturated rings. The van der Waals surface area contributed by atoms with Gasteiger partial charge >= 0.3 is 0 Å². The number of anilines is 2. The van der Waals surface area contributed by atoms with Crippen LogP contribution in [0.25, 0.3) is 0 Å². The van der Waals surface area contributed by atoms with Crippen molar-refractivity contribution >= 4 is 57.6 Å². The van der Waals surface area contributed by atoms with Crippen molar-refractivity contribution < 1.29 is 4.74 Å². The lowest BCUT2D eigenvalue weighted by atomic mass is 9.53. The molecule has 0 radical (unpaired) electrons. The normalized spacial score (nSPS) is 24.8. The van der Waals surface area contributed by atoms with Crippen LogP contribution in [0.15, 0.2) is 65.7 Å². The predicted octanol–water partition coefficient (Wildman–Crippen LogP) is 6.72. The van der Waals surface area contributed by atoms with Gasteiger partial charge < -0.3 is 19.4 Å². The quantitative estimate of drug-likeness (QED) is 0.302. The van der Waals surface area contributed by atoms with Crippen molar-refractivity contribution in [3.8, 4) is 17.9 Å². The number of thiocarbonyl (C=S) groups is 1. The SMILES string of the molecule is COc1ccccc1[C@H]1[C@@]2(C#N)CN(c3cccc(Cl)c3C)C[C@@]1(C#N)C1=NCN(c3cccc(Cl)c3C)CN1C2=S. The number of hydrogen-bond acceptors (Lipinski definition) is 7. The average molecular weight is 616 g/mol. The van der Waals surface area contributed by atoms with Gasteiger partial charge in [-0.15, -0.1) is 0 Å². The highest BCUT2D eigenvalue weighted by atomic mass is 35.5. The molecule has 7 nitrogen and oxygen atoms in total. The van der Waals surface area contributed by atoms with E-state index in [-0.39, 0.29) is 6.54 Å². The maximum absolute atomic E-state index is 11.2. The number of aliphatic imine (C=N–C) groups is 1. The molecule has 0 unspecified atom stereocenters. The Morgan fingerprint density at radius 3 is 2.10 bits per heavy atom. The second-order valence-corrected chi connectivity index (χ2v) is 12.2. The Kier molecular flexibility index (Phi) is 7.06. The largest absolute Gasteiger partial charge is 0.496 e. The van der Waals surface area contributed by atoms with Crippen LogP contribution in [-0.2, 0) is 0 Å². The Bertz CT molecular complexity index is 1730. The maximum Gasteiger partial charge on any atom is 0.141 e. The second-order valence-electron chi connectivity index (χ2n) is 11.0. The number of piperidine rings is 2. The molecule has 2 bridgehead atoms. The molecule has 212 valence electrons. The molecule has 0 saturated carbocycles. The summed E-state index contributed by atoms with van der Waals surface area (Å²) >= 11 is 19.3. The van der Waals surface area contributed by atoms with E-state index in [9.17, 15) is 10.5 Å². The van der Waals surface area contributed by atoms with Crippen LogP contribution in [0.2, 0.25) is 10.0 Å². The van der Waals surface area contributed by atoms with E-state index in [1.165, 1.54) is 0 Å². The van der Waals surface area contributed by atoms with Crippen molar-refractivity contribution in [3.05, 3.63) is 87.4 Å². The number of nitriles is 2. The van der Waals surface area contributed by atoms with Crippen molar-refractivity contribution in [3.63, 3.8) is 0 Å². The molecule has 42 heavy (non-hydrogen) atoms. The summed E-state index contributed by atoms with van der Waals surface area (Å²) in [5.41, 5.74) is 1.88. The fourth-order valence-corrected chi connectivity index (χ4v) is 7.60. The van der Waals surface area contributed by atoms with Gasteiger partial charge in [0, 0.05) is 46.0 Å². The van der Waals surface area contributed by atoms with Crippen LogP contribution in [-0.4, -0.2) is 49.3 Å². The van der Waals surface area contributed by atoms with Crippen LogP contribution in [0.3, 0.4) is 0 Å². The van der Waals surface area contributed by atoms with Crippen LogP contribution >= 0.6 is 35.4 Å². The summed E-state index contributed by atoms with van der Waals surface area (Å²) in [6.45, 7) is 5.15. The molecule has 0 aromatic heterocycles. The first-order valence-electron chi connectivity index (χ1n) is 13.5. The van der Waals surface area contributed by atoms with Crippen molar-refractivity contribution in [2.75, 3.05) is 43.3 Å². The molecule has 3 aromatic rings. The van der Waals surface area contributed by atoms with Gasteiger partial charge in [0.2, 0.25) is 0 Å². The van der Waals surface area contributed by atoms with Gasteiger partial charge in [-0.05, 0) is 55.3 Å². The summed E-state index contributed by atoms with van der Waals surface area (Å²) in [7, 11) is 1.60. The number of methoxy groups -OCH3 is 1. The van der Waals surface area contributed by atoms with E-state index in [1.807, 2.05) is 79.4 Å². The molecule has 2 saturated heterocycles. The topological polar surface area (TPSA) is 78.9 Å². The molecule has 10 heteroatoms. The van der Waals surface area contributed by atoms with Crippen LogP contribution in [0.4, 0.5) is 11.4 Å². The van der Waals surface area contributed by atoms with E-state index in [0.717, 1.165) is 28.1 Å². The standard InChI is InChI=1S/C32H28Cl2N6OS/c1-20-23(33)9-6-11-25(20)38-16-31(14-35)28(22-8-4-5-13-27(22)41-3)32(15-36,17-38)30(42)40-19-39(18-37-29(31)40)26-12-7-10-24(34)21(26)2/h4-13,28H,16-19H2,1-3H3/t28-,31-,32-/m1/s1. The summed E-state index contributed by atoms with van der Waals surface area (Å²) in [6, 6.07) is 24.4. The highest BCUT2D eigenvalue weighted by Gasteiger charge is 2.69. The number of halogens is 2. The van der Waals surface area contributed by atoms with Crippen LogP contribution in [0.1, 0.15) is 22.6 Å². The summed E-state index contributed by atoms with van der Waals surface area (Å²) in [5, 5.41) is 23.7. The molecule has 3 heterocycles. The third-order valence-electron chi connectivity index (χ3n) is 8.86. The van der Waals surface area contributed by atoms with Gasteiger partial charge in [0.25, 0.3) is 0 Å². The molecular weight excluding hydrogens is 587 g/mol. The number of para-hydroxylation sites is 1. The van der Waals surface area contributed by atoms with Gasteiger partial charge in [-0.2, -0.15) is 10.5 Å². The number of rotatable bonds is 4. The van der Waals surface area contributed by atoms with Crippen LogP contribution in [0.5, 0.6) is 5.75 Å². The number of hydrogen-bond donors (Lipinski definition) is 0. The minimum absolute atomic E-state index is 0.273. The fraction of sp³-hybridized carbons (Fsp3) is 0.312. The Morgan fingerprint density at radius 2 is 1.48 bits per heavy atom. The number of ether oxygens (including phenoxy) is 1. The number of nitrogens with zero attached hydrogens (tertiary/aromatic N) is 6. The lowest BCUT2D eigenvalue weighted by molar-refractivity contribution is 0.202. The predicted molar refractivity (Wildman–Crippen MR) is 171 cm³/mol. The van der Waals surface area contributed by atoms with Crippen LogP contribution in [0, 0.1) is 47.3 Å². The Balaban J connectivity index is 1.59. The van der Waals surface area contributed by atoms with E-state index in [1.54, 1.807) is 7.11 Å². The van der Waals surface area contributed by atoms with E-state index in [4.69, 9.17) is 45.1 Å². The number of fused-ring (bicyclic) bond motifs is 4. The molecule has 0 amide bonds. The van der Waals surface area contributed by atoms with Gasteiger partial charge in [0.05, 0.1) is 25.9 Å². The van der Waals surface area contributed by atoms with Gasteiger partial charge in [-0.1, -0.05) is 65.8 Å². The first-order valence-corrected chi connectivity index (χ1v) is 14.7. The smallest absolute Gasteiger partial charge is 0.141 e. The van der Waals surface area contributed by atoms with Crippen molar-refractivity contribution in [1.29, 1.82) is 10.5 Å². The monoisotopic (exact) mass is 614 g/mol. The fourth-order valence-electron chi connectivity index (χ4n) is 6.89. The van der Waals surface area contributed by atoms with E-state index in [0.29, 0.717) is 46.5 Å². The maximum atomic E-state index is 11.2. The third kappa shape index (κ3) is 3.97. The lowest BCUT2D eigenvalue weighted by Gasteiger charge is -2.61. The molecule has 3 atom stereocenters. The van der Waals surface area contributed by atoms with E-state index >= 15 is 0 Å². The third-order valence-corrected chi connectivity index (χ3v) is 10.3. The molecule has 0 aliphatic carbocycles. The lowest BCUT2D eigenvalue weighted by Crippen LogP contribution is -2.73. The highest BCUT2D eigenvalue weighted by Crippen LogP contribution is 2.60. The Morgan fingerprint density at radius 1 is 0.881 bits per heavy atom. The molecular formula is C32H28Cl2N6OS. The van der Waals surface area contributed by atoms with Crippen molar-refractivity contribution in [1.82, 2.24) is 4.90 Å². The summed E-state index contributed by atoms with van der Waals surface area (Å²) < 4.78 is 5.79. The number of amidine groups is 1. The molecule has 3 aliphatic rings. The van der Waals surface area contributed by atoms with Gasteiger partial charge in [-0.3, -0.25) is 0 Å². The molecule has 6 rings (SSSR count). The average Bonchev–Trinajstić information content (AvgIpc) is 3.01. The minimum atomic E-state index is -1.27. The summed E-state index contributed by atoms with van der Waals surface area (Å²) in [4.78, 5) is 11.6. The van der Waals surface area contributed by atoms with E-state index in [2.05, 4.69) is 21.9 Å². The van der Waals surface area contributed by atoms with Crippen LogP contribution < -0.4 is 14.5 Å². The zero-order chi connectivity index (χ0) is 29.8. The first-order chi connectivity index (χ1) is 20.2. The summed E-state index contributed by atoms with van der Waals surface area (Å²) in [6.07, 6.45) is 0. The van der Waals surface area contributed by atoms with Gasteiger partial charge in [0.1, 0.15) is 34.1 Å². The van der Waals surface area contributed by atoms with Gasteiger partial charge in [0.15, 0.2) is 0 Å². The zero-order valence-corrected chi connectivity index (χ0v) is 25.8. The highest BCUT2D eigenvalue weighted by molar-refractivity contribution is 7.80. The molecule has 3 aliphatic heterocycles. The summed E-state index contributed by atoms with van der Waals surface area (Å²) in [5.74, 6) is 0.559. The van der Waals surface area contributed by atoms with Crippen molar-refractivity contribution in [2.24, 2.45) is 15.8 Å². The molecule has 3 aromatic carbocycles. The molecule has 0 spiro atoms. The molecule has 0 N–H and O–H groups in total. The van der Waals surface area contributed by atoms with E-state index < -0.39 is 16.7 Å². The zero-order valence-electron chi connectivity index (χ0n) is 23.4. The Hall–Kier alpha value is -3.82. The minimum Gasteiger partial charge on any atom is -0.496 e. The number of benzene rings is 3.